The Balaban J connectivity index is 3.17. The maximum atomic E-state index is 8.66. The zero-order chi connectivity index (χ0) is 11.3. The zero-order valence-electron chi connectivity index (χ0n) is 8.49. The molecule has 4 nitrogen and oxygen atoms in total. The van der Waals surface area contributed by atoms with Gasteiger partial charge in [-0.1, -0.05) is 0 Å². The number of nitrogens with zero attached hydrogens (tertiary/aromatic N) is 4. The van der Waals surface area contributed by atoms with E-state index in [4.69, 9.17) is 15.8 Å². The Morgan fingerprint density at radius 1 is 1.07 bits per heavy atom. The zero-order valence-corrected chi connectivity index (χ0v) is 8.49. The molecule has 15 heavy (non-hydrogen) atoms. The van der Waals surface area contributed by atoms with Crippen LogP contribution in [0.4, 0.5) is 0 Å². The molecule has 0 aliphatic rings. The average Bonchev–Trinajstić information content (AvgIpc) is 2.49. The van der Waals surface area contributed by atoms with Crippen LogP contribution in [0.15, 0.2) is 6.07 Å². The molecule has 0 radical (unpaired) electrons. The molecule has 0 N–H and O–H groups in total. The molecule has 1 aromatic heterocycles. The molecule has 0 atom stereocenters. The fraction of sp³-hybridized carbons (Fsp3) is 0.364. The van der Waals surface area contributed by atoms with Crippen molar-refractivity contribution in [2.45, 2.75) is 19.3 Å². The van der Waals surface area contributed by atoms with Gasteiger partial charge >= 0.3 is 0 Å². The maximum Gasteiger partial charge on any atom is 0.0757 e. The van der Waals surface area contributed by atoms with E-state index in [-0.39, 0.29) is 12.8 Å². The van der Waals surface area contributed by atoms with Crippen LogP contribution >= 0.6 is 0 Å². The monoisotopic (exact) mass is 198 g/mol. The third kappa shape index (κ3) is 2.16. The molecule has 1 rings (SSSR count). The minimum atomic E-state index is 0.277. The van der Waals surface area contributed by atoms with E-state index < -0.39 is 0 Å². The second kappa shape index (κ2) is 4.84. The lowest BCUT2D eigenvalue weighted by Gasteiger charge is -2.02. The van der Waals surface area contributed by atoms with Gasteiger partial charge in [0, 0.05) is 18.4 Å². The predicted octanol–water partition coefficient (Wildman–Crippen LogP) is 1.22. The Morgan fingerprint density at radius 3 is 2.20 bits per heavy atom. The van der Waals surface area contributed by atoms with Crippen molar-refractivity contribution in [1.82, 2.24) is 4.57 Å². The van der Waals surface area contributed by atoms with Crippen LogP contribution in [0.5, 0.6) is 0 Å². The summed E-state index contributed by atoms with van der Waals surface area (Å²) in [5.74, 6) is 0. The molecule has 1 heterocycles. The molecular weight excluding hydrogens is 188 g/mol. The van der Waals surface area contributed by atoms with Crippen molar-refractivity contribution in [1.29, 1.82) is 15.8 Å². The van der Waals surface area contributed by atoms with Gasteiger partial charge in [0.1, 0.15) is 0 Å². The molecule has 1 aromatic rings. The number of aromatic nitrogens is 1. The molecule has 0 aliphatic carbocycles. The van der Waals surface area contributed by atoms with E-state index in [1.54, 1.807) is 0 Å². The minimum absolute atomic E-state index is 0.277. The molecule has 0 fully saturated rings. The van der Waals surface area contributed by atoms with Crippen LogP contribution in [0.3, 0.4) is 0 Å². The van der Waals surface area contributed by atoms with E-state index in [2.05, 4.69) is 18.2 Å². The van der Waals surface area contributed by atoms with Gasteiger partial charge in [-0.25, -0.2) is 0 Å². The lowest BCUT2D eigenvalue weighted by atomic mass is 10.1. The largest absolute Gasteiger partial charge is 0.349 e. The first-order chi connectivity index (χ1) is 7.24. The van der Waals surface area contributed by atoms with E-state index in [0.29, 0.717) is 6.42 Å². The first-order valence-corrected chi connectivity index (χ1v) is 4.51. The molecule has 0 aromatic carbocycles. The van der Waals surface area contributed by atoms with Gasteiger partial charge in [0.05, 0.1) is 37.5 Å². The van der Waals surface area contributed by atoms with Crippen LogP contribution in [-0.4, -0.2) is 4.57 Å². The van der Waals surface area contributed by atoms with Crippen LogP contribution in [0, 0.1) is 34.0 Å². The van der Waals surface area contributed by atoms with E-state index in [1.807, 2.05) is 17.7 Å². The standard InChI is InChI=1S/C11H10N4/c1-15-10(3-6-13)8-9(2-5-12)11(15)4-7-14/h8H,2-4H2,1H3. The Kier molecular flexibility index (Phi) is 3.49. The third-order valence-electron chi connectivity index (χ3n) is 2.32. The summed E-state index contributed by atoms with van der Waals surface area (Å²) in [5.41, 5.74) is 2.55. The second-order valence-corrected chi connectivity index (χ2v) is 3.17. The Bertz CT molecular complexity index is 476. The summed E-state index contributed by atoms with van der Waals surface area (Å²) >= 11 is 0. The molecule has 0 aliphatic heterocycles. The van der Waals surface area contributed by atoms with Crippen molar-refractivity contribution in [2.24, 2.45) is 7.05 Å². The van der Waals surface area contributed by atoms with Gasteiger partial charge in [0.25, 0.3) is 0 Å². The van der Waals surface area contributed by atoms with Gasteiger partial charge in [-0.2, -0.15) is 15.8 Å². The Hall–Kier alpha value is -2.25. The lowest BCUT2D eigenvalue weighted by Crippen LogP contribution is -2.01. The van der Waals surface area contributed by atoms with E-state index in [9.17, 15) is 0 Å². The topological polar surface area (TPSA) is 76.3 Å². The molecule has 0 saturated heterocycles. The normalized spacial score (nSPS) is 8.93. The van der Waals surface area contributed by atoms with Gasteiger partial charge in [-0.3, -0.25) is 0 Å². The van der Waals surface area contributed by atoms with Crippen molar-refractivity contribution in [3.05, 3.63) is 23.0 Å². The summed E-state index contributed by atoms with van der Waals surface area (Å²) < 4.78 is 1.83. The van der Waals surface area contributed by atoms with Gasteiger partial charge in [0.15, 0.2) is 0 Å². The number of hydrogen-bond acceptors (Lipinski definition) is 3. The first-order valence-electron chi connectivity index (χ1n) is 4.51. The summed E-state index contributed by atoms with van der Waals surface area (Å²) in [7, 11) is 1.82. The van der Waals surface area contributed by atoms with Crippen LogP contribution in [0.25, 0.3) is 0 Å². The van der Waals surface area contributed by atoms with Crippen molar-refractivity contribution >= 4 is 0 Å². The summed E-state index contributed by atoms with van der Waals surface area (Å²) in [6, 6.07) is 8.02. The quantitative estimate of drug-likeness (QED) is 0.732. The summed E-state index contributed by atoms with van der Waals surface area (Å²) in [6.07, 6.45) is 0.871. The summed E-state index contributed by atoms with van der Waals surface area (Å²) in [4.78, 5) is 0. The van der Waals surface area contributed by atoms with E-state index >= 15 is 0 Å². The molecule has 0 saturated carbocycles. The SMILES string of the molecule is Cn1c(CC#N)cc(CC#N)c1CC#N. The molecule has 4 heteroatoms. The van der Waals surface area contributed by atoms with Crippen molar-refractivity contribution in [3.63, 3.8) is 0 Å². The highest BCUT2D eigenvalue weighted by Crippen LogP contribution is 2.16. The Morgan fingerprint density at radius 2 is 1.67 bits per heavy atom. The van der Waals surface area contributed by atoms with Gasteiger partial charge in [-0.05, 0) is 11.6 Å². The van der Waals surface area contributed by atoms with Crippen LogP contribution in [-0.2, 0) is 26.3 Å². The molecule has 0 amide bonds. The molecule has 0 spiro atoms. The van der Waals surface area contributed by atoms with E-state index in [1.165, 1.54) is 0 Å². The molecular formula is C11H10N4. The number of hydrogen-bond donors (Lipinski definition) is 0. The number of nitriles is 3. The van der Waals surface area contributed by atoms with Crippen LogP contribution < -0.4 is 0 Å². The highest BCUT2D eigenvalue weighted by molar-refractivity contribution is 5.33. The average molecular weight is 198 g/mol. The fourth-order valence-electron chi connectivity index (χ4n) is 1.57. The predicted molar refractivity (Wildman–Crippen MR) is 53.4 cm³/mol. The third-order valence-corrected chi connectivity index (χ3v) is 2.32. The van der Waals surface area contributed by atoms with Gasteiger partial charge in [0.2, 0.25) is 0 Å². The summed E-state index contributed by atoms with van der Waals surface area (Å²) in [6.45, 7) is 0. The highest BCUT2D eigenvalue weighted by atomic mass is 15.0. The maximum absolute atomic E-state index is 8.66. The smallest absolute Gasteiger partial charge is 0.0757 e. The van der Waals surface area contributed by atoms with Crippen molar-refractivity contribution in [3.8, 4) is 18.2 Å². The van der Waals surface area contributed by atoms with Gasteiger partial charge < -0.3 is 4.57 Å². The van der Waals surface area contributed by atoms with Crippen molar-refractivity contribution in [2.75, 3.05) is 0 Å². The molecule has 0 unspecified atom stereocenters. The highest BCUT2D eigenvalue weighted by Gasteiger charge is 2.11. The second-order valence-electron chi connectivity index (χ2n) is 3.17. The molecule has 0 bridgehead atoms. The molecule has 74 valence electrons. The minimum Gasteiger partial charge on any atom is -0.349 e. The fourth-order valence-corrected chi connectivity index (χ4v) is 1.57. The number of rotatable bonds is 3. The Labute approximate surface area is 88.6 Å². The van der Waals surface area contributed by atoms with E-state index in [0.717, 1.165) is 17.0 Å². The lowest BCUT2D eigenvalue weighted by molar-refractivity contribution is 0.806. The summed E-state index contributed by atoms with van der Waals surface area (Å²) in [5, 5.41) is 25.9. The van der Waals surface area contributed by atoms with Gasteiger partial charge in [-0.15, -0.1) is 0 Å². The first kappa shape index (κ1) is 10.8. The van der Waals surface area contributed by atoms with Crippen LogP contribution in [0.2, 0.25) is 0 Å². The van der Waals surface area contributed by atoms with Crippen LogP contribution in [0.1, 0.15) is 17.0 Å². The van der Waals surface area contributed by atoms with Crippen molar-refractivity contribution < 1.29 is 0 Å².